The smallest absolute Gasteiger partial charge is 0.105 e. The zero-order valence-electron chi connectivity index (χ0n) is 8.13. The minimum Gasteiger partial charge on any atom is -0.335 e. The molecule has 13 heavy (non-hydrogen) atoms. The molecule has 0 amide bonds. The molecule has 1 heterocycles. The van der Waals surface area contributed by atoms with E-state index in [1.807, 2.05) is 13.1 Å². The van der Waals surface area contributed by atoms with Crippen LogP contribution in [0.5, 0.6) is 0 Å². The Balaban J connectivity index is 2.29. The van der Waals surface area contributed by atoms with Gasteiger partial charge in [-0.05, 0) is 19.8 Å². The number of hydrogen-bond acceptors (Lipinski definition) is 1. The highest BCUT2D eigenvalue weighted by Crippen LogP contribution is 2.37. The molecule has 1 aliphatic rings. The van der Waals surface area contributed by atoms with Gasteiger partial charge < -0.3 is 4.57 Å². The first-order chi connectivity index (χ1) is 6.20. The molecule has 0 N–H and O–H groups in total. The Morgan fingerprint density at radius 2 is 2.31 bits per heavy atom. The molecular weight excluding hydrogens is 184 g/mol. The lowest BCUT2D eigenvalue weighted by molar-refractivity contribution is 0.654. The summed E-state index contributed by atoms with van der Waals surface area (Å²) in [6.45, 7) is 2.03. The maximum absolute atomic E-state index is 6.25. The van der Waals surface area contributed by atoms with E-state index in [1.165, 1.54) is 18.5 Å². The molecule has 1 aromatic rings. The molecule has 0 aliphatic heterocycles. The Kier molecular flexibility index (Phi) is 2.33. The number of aryl methyl sites for hydroxylation is 1. The van der Waals surface area contributed by atoms with Gasteiger partial charge in [0.15, 0.2) is 0 Å². The van der Waals surface area contributed by atoms with Gasteiger partial charge in [-0.25, -0.2) is 4.98 Å². The predicted molar refractivity (Wildman–Crippen MR) is 54.2 cm³/mol. The van der Waals surface area contributed by atoms with Crippen LogP contribution in [0.3, 0.4) is 0 Å². The molecule has 0 spiro atoms. The normalized spacial score (nSPS) is 28.2. The van der Waals surface area contributed by atoms with Crippen molar-refractivity contribution >= 4 is 11.6 Å². The fraction of sp³-hybridized carbons (Fsp3) is 0.700. The Morgan fingerprint density at radius 3 is 2.77 bits per heavy atom. The summed E-state index contributed by atoms with van der Waals surface area (Å²) in [5.41, 5.74) is 1.30. The molecule has 2 unspecified atom stereocenters. The first kappa shape index (κ1) is 9.07. The average Bonchev–Trinajstić information content (AvgIpc) is 2.62. The molecule has 2 nitrogen and oxygen atoms in total. The number of rotatable bonds is 1. The Bertz CT molecular complexity index is 306. The van der Waals surface area contributed by atoms with E-state index in [4.69, 9.17) is 11.6 Å². The van der Waals surface area contributed by atoms with E-state index in [0.717, 1.165) is 12.2 Å². The van der Waals surface area contributed by atoms with E-state index < -0.39 is 0 Å². The van der Waals surface area contributed by atoms with Gasteiger partial charge in [0.1, 0.15) is 5.82 Å². The Morgan fingerprint density at radius 1 is 1.54 bits per heavy atom. The average molecular weight is 199 g/mol. The van der Waals surface area contributed by atoms with E-state index in [-0.39, 0.29) is 0 Å². The second-order valence-corrected chi connectivity index (χ2v) is 4.40. The van der Waals surface area contributed by atoms with E-state index in [1.54, 1.807) is 0 Å². The van der Waals surface area contributed by atoms with Crippen LogP contribution in [0.2, 0.25) is 0 Å². The molecule has 2 rings (SSSR count). The summed E-state index contributed by atoms with van der Waals surface area (Å²) >= 11 is 6.25. The van der Waals surface area contributed by atoms with Crippen LogP contribution in [0.25, 0.3) is 0 Å². The lowest BCUT2D eigenvalue weighted by Gasteiger charge is -2.14. The molecule has 1 fully saturated rings. The second-order valence-electron chi connectivity index (χ2n) is 3.84. The number of halogens is 1. The molecule has 1 saturated carbocycles. The second kappa shape index (κ2) is 3.33. The van der Waals surface area contributed by atoms with Crippen molar-refractivity contribution in [3.63, 3.8) is 0 Å². The summed E-state index contributed by atoms with van der Waals surface area (Å²) < 4.78 is 2.16. The standard InChI is InChI=1S/C10H15ClN2/c1-7-12-6-10(13(7)2)8-4-3-5-9(8)11/h6,8-9H,3-5H2,1-2H3. The van der Waals surface area contributed by atoms with Gasteiger partial charge in [0.05, 0.1) is 0 Å². The summed E-state index contributed by atoms with van der Waals surface area (Å²) in [6, 6.07) is 0. The van der Waals surface area contributed by atoms with Crippen LogP contribution in [0.1, 0.15) is 36.7 Å². The van der Waals surface area contributed by atoms with Crippen LogP contribution in [0, 0.1) is 6.92 Å². The maximum Gasteiger partial charge on any atom is 0.105 e. The lowest BCUT2D eigenvalue weighted by Crippen LogP contribution is -2.10. The van der Waals surface area contributed by atoms with Crippen molar-refractivity contribution in [2.45, 2.75) is 37.5 Å². The molecule has 0 bridgehead atoms. The SMILES string of the molecule is Cc1ncc(C2CCCC2Cl)n1C. The molecule has 1 aromatic heterocycles. The minimum absolute atomic E-state index is 0.315. The van der Waals surface area contributed by atoms with Crippen molar-refractivity contribution in [2.24, 2.45) is 7.05 Å². The highest BCUT2D eigenvalue weighted by molar-refractivity contribution is 6.21. The fourth-order valence-corrected chi connectivity index (χ4v) is 2.52. The van der Waals surface area contributed by atoms with Crippen molar-refractivity contribution in [3.8, 4) is 0 Å². The van der Waals surface area contributed by atoms with Crippen LogP contribution >= 0.6 is 11.6 Å². The van der Waals surface area contributed by atoms with E-state index in [2.05, 4.69) is 16.6 Å². The summed E-state index contributed by atoms with van der Waals surface area (Å²) in [6.07, 6.45) is 5.59. The lowest BCUT2D eigenvalue weighted by atomic mass is 10.0. The summed E-state index contributed by atoms with van der Waals surface area (Å²) in [5, 5.41) is 0.315. The van der Waals surface area contributed by atoms with Crippen molar-refractivity contribution in [1.82, 2.24) is 9.55 Å². The number of alkyl halides is 1. The zero-order chi connectivity index (χ0) is 9.42. The van der Waals surface area contributed by atoms with Crippen LogP contribution in [-0.2, 0) is 7.05 Å². The number of aromatic nitrogens is 2. The molecule has 2 atom stereocenters. The topological polar surface area (TPSA) is 17.8 Å². The third-order valence-corrected chi connectivity index (χ3v) is 3.59. The molecule has 0 radical (unpaired) electrons. The van der Waals surface area contributed by atoms with Crippen LogP contribution in [0.15, 0.2) is 6.20 Å². The van der Waals surface area contributed by atoms with Gasteiger partial charge in [0, 0.05) is 30.2 Å². The Labute approximate surface area is 83.9 Å². The minimum atomic E-state index is 0.315. The monoisotopic (exact) mass is 198 g/mol. The van der Waals surface area contributed by atoms with Crippen LogP contribution in [0.4, 0.5) is 0 Å². The van der Waals surface area contributed by atoms with Crippen LogP contribution < -0.4 is 0 Å². The van der Waals surface area contributed by atoms with E-state index in [0.29, 0.717) is 11.3 Å². The Hall–Kier alpha value is -0.500. The number of nitrogens with zero attached hydrogens (tertiary/aromatic N) is 2. The van der Waals surface area contributed by atoms with Gasteiger partial charge in [-0.2, -0.15) is 0 Å². The largest absolute Gasteiger partial charge is 0.335 e. The van der Waals surface area contributed by atoms with Crippen molar-refractivity contribution in [3.05, 3.63) is 17.7 Å². The zero-order valence-corrected chi connectivity index (χ0v) is 8.88. The van der Waals surface area contributed by atoms with E-state index >= 15 is 0 Å². The summed E-state index contributed by atoms with van der Waals surface area (Å²) in [4.78, 5) is 4.30. The van der Waals surface area contributed by atoms with Gasteiger partial charge in [-0.15, -0.1) is 11.6 Å². The maximum atomic E-state index is 6.25. The summed E-state index contributed by atoms with van der Waals surface area (Å²) in [5.74, 6) is 1.60. The van der Waals surface area contributed by atoms with E-state index in [9.17, 15) is 0 Å². The first-order valence-corrected chi connectivity index (χ1v) is 5.26. The number of imidazole rings is 1. The van der Waals surface area contributed by atoms with Crippen molar-refractivity contribution in [1.29, 1.82) is 0 Å². The first-order valence-electron chi connectivity index (χ1n) is 4.82. The van der Waals surface area contributed by atoms with Crippen molar-refractivity contribution in [2.75, 3.05) is 0 Å². The molecule has 3 heteroatoms. The predicted octanol–water partition coefficient (Wildman–Crippen LogP) is 2.60. The van der Waals surface area contributed by atoms with Gasteiger partial charge in [-0.1, -0.05) is 6.42 Å². The molecule has 0 aromatic carbocycles. The van der Waals surface area contributed by atoms with Crippen LogP contribution in [-0.4, -0.2) is 14.9 Å². The summed E-state index contributed by atoms with van der Waals surface area (Å²) in [7, 11) is 2.07. The highest BCUT2D eigenvalue weighted by atomic mass is 35.5. The highest BCUT2D eigenvalue weighted by Gasteiger charge is 2.28. The molecule has 0 saturated heterocycles. The molecular formula is C10H15ClN2. The third kappa shape index (κ3) is 1.48. The third-order valence-electron chi connectivity index (χ3n) is 3.07. The quantitative estimate of drug-likeness (QED) is 0.635. The van der Waals surface area contributed by atoms with Crippen molar-refractivity contribution < 1.29 is 0 Å². The molecule has 72 valence electrons. The molecule has 1 aliphatic carbocycles. The fourth-order valence-electron chi connectivity index (χ4n) is 2.11. The number of hydrogen-bond donors (Lipinski definition) is 0. The van der Waals surface area contributed by atoms with Gasteiger partial charge in [0.2, 0.25) is 0 Å². The van der Waals surface area contributed by atoms with Gasteiger partial charge >= 0.3 is 0 Å². The van der Waals surface area contributed by atoms with Gasteiger partial charge in [0.25, 0.3) is 0 Å². The van der Waals surface area contributed by atoms with Gasteiger partial charge in [-0.3, -0.25) is 0 Å².